The summed E-state index contributed by atoms with van der Waals surface area (Å²) in [7, 11) is 0. The lowest BCUT2D eigenvalue weighted by Crippen LogP contribution is -2.51. The summed E-state index contributed by atoms with van der Waals surface area (Å²) in [5.41, 5.74) is 1.02. The molecule has 0 N–H and O–H groups in total. The highest BCUT2D eigenvalue weighted by Crippen LogP contribution is 2.36. The van der Waals surface area contributed by atoms with Crippen molar-refractivity contribution in [2.24, 2.45) is 0 Å². The number of furan rings is 1. The van der Waals surface area contributed by atoms with E-state index in [1.807, 2.05) is 23.2 Å². The van der Waals surface area contributed by atoms with Crippen molar-refractivity contribution in [1.29, 1.82) is 0 Å². The maximum atomic E-state index is 13.4. The second-order valence-corrected chi connectivity index (χ2v) is 8.75. The van der Waals surface area contributed by atoms with Crippen LogP contribution in [0, 0.1) is 0 Å². The Morgan fingerprint density at radius 1 is 1.38 bits per heavy atom. The number of thioether (sulfide) groups is 1. The number of carbonyl (C=O) groups excluding carboxylic acids is 2. The fourth-order valence-corrected chi connectivity index (χ4v) is 5.18. The molecular weight excluding hydrogens is 406 g/mol. The van der Waals surface area contributed by atoms with Gasteiger partial charge in [-0.3, -0.25) is 19.5 Å². The van der Waals surface area contributed by atoms with Crippen LogP contribution in [0.2, 0.25) is 0 Å². The van der Waals surface area contributed by atoms with Crippen LogP contribution in [0.4, 0.5) is 0 Å². The number of likely N-dealkylation sites (tertiary alicyclic amines) is 1. The average molecular weight is 428 g/mol. The summed E-state index contributed by atoms with van der Waals surface area (Å²) in [6.45, 7) is 2.41. The smallest absolute Gasteiger partial charge is 0.267 e. The molecule has 29 heavy (non-hydrogen) atoms. The topological polar surface area (TPSA) is 66.7 Å². The molecule has 6 nitrogen and oxygen atoms in total. The van der Waals surface area contributed by atoms with E-state index in [9.17, 15) is 9.59 Å². The highest BCUT2D eigenvalue weighted by molar-refractivity contribution is 8.26. The third-order valence-electron chi connectivity index (χ3n) is 5.24. The van der Waals surface area contributed by atoms with Gasteiger partial charge in [-0.05, 0) is 49.9 Å². The zero-order valence-electron chi connectivity index (χ0n) is 16.0. The highest BCUT2D eigenvalue weighted by Gasteiger charge is 2.41. The highest BCUT2D eigenvalue weighted by atomic mass is 32.2. The van der Waals surface area contributed by atoms with Gasteiger partial charge in [-0.25, -0.2) is 0 Å². The molecule has 8 heteroatoms. The summed E-state index contributed by atoms with van der Waals surface area (Å²) >= 11 is 6.62. The van der Waals surface area contributed by atoms with Crippen LogP contribution >= 0.6 is 24.0 Å². The van der Waals surface area contributed by atoms with E-state index in [-0.39, 0.29) is 17.9 Å². The van der Waals surface area contributed by atoms with Crippen molar-refractivity contribution in [3.05, 3.63) is 59.2 Å². The molecule has 0 saturated carbocycles. The third-order valence-corrected chi connectivity index (χ3v) is 6.57. The molecule has 0 bridgehead atoms. The summed E-state index contributed by atoms with van der Waals surface area (Å²) < 4.78 is 5.69. The van der Waals surface area contributed by atoms with Crippen LogP contribution in [0.15, 0.2) is 52.2 Å². The SMILES string of the molecule is C[C@H](C(=O)N1CCCC[C@H]1c1cccnc1)N1C(=O)/C(=C\c2ccco2)SC1=S. The number of carbonyl (C=O) groups is 2. The van der Waals surface area contributed by atoms with E-state index in [2.05, 4.69) is 4.98 Å². The van der Waals surface area contributed by atoms with Gasteiger partial charge in [-0.2, -0.15) is 0 Å². The molecule has 2 aliphatic rings. The molecule has 2 saturated heterocycles. The molecule has 2 fully saturated rings. The Kier molecular flexibility index (Phi) is 5.82. The van der Waals surface area contributed by atoms with Crippen LogP contribution in [0.1, 0.15) is 43.6 Å². The van der Waals surface area contributed by atoms with Crippen molar-refractivity contribution in [2.45, 2.75) is 38.3 Å². The fourth-order valence-electron chi connectivity index (χ4n) is 3.78. The minimum Gasteiger partial charge on any atom is -0.465 e. The number of aromatic nitrogens is 1. The van der Waals surface area contributed by atoms with E-state index >= 15 is 0 Å². The standard InChI is InChI=1S/C21H21N3O3S2/c1-14(24-20(26)18(29-21(24)28)12-16-7-5-11-27-16)19(25)23-10-3-2-8-17(23)15-6-4-9-22-13-15/h4-7,9,11-14,17H,2-3,8,10H2,1H3/b18-12+/t14-,17+/m1/s1. The molecule has 2 aromatic rings. The molecular formula is C21H21N3O3S2. The number of rotatable bonds is 4. The van der Waals surface area contributed by atoms with E-state index in [1.54, 1.807) is 37.6 Å². The van der Waals surface area contributed by atoms with E-state index in [4.69, 9.17) is 16.6 Å². The number of hydrogen-bond acceptors (Lipinski definition) is 6. The van der Waals surface area contributed by atoms with Crippen molar-refractivity contribution >= 4 is 46.2 Å². The van der Waals surface area contributed by atoms with Crippen molar-refractivity contribution in [3.8, 4) is 0 Å². The lowest BCUT2D eigenvalue weighted by atomic mass is 9.95. The first-order valence-electron chi connectivity index (χ1n) is 9.57. The molecule has 0 aliphatic carbocycles. The van der Waals surface area contributed by atoms with Gasteiger partial charge in [0.2, 0.25) is 5.91 Å². The minimum atomic E-state index is -0.665. The molecule has 2 amide bonds. The van der Waals surface area contributed by atoms with Gasteiger partial charge in [0.15, 0.2) is 0 Å². The van der Waals surface area contributed by atoms with Crippen LogP contribution in [0.3, 0.4) is 0 Å². The molecule has 2 atom stereocenters. The third kappa shape index (κ3) is 4.00. The quantitative estimate of drug-likeness (QED) is 0.542. The Balaban J connectivity index is 1.55. The monoisotopic (exact) mass is 427 g/mol. The largest absolute Gasteiger partial charge is 0.465 e. The number of hydrogen-bond donors (Lipinski definition) is 0. The van der Waals surface area contributed by atoms with Crippen LogP contribution in [0.5, 0.6) is 0 Å². The summed E-state index contributed by atoms with van der Waals surface area (Å²) in [6, 6.07) is 6.73. The zero-order chi connectivity index (χ0) is 20.4. The van der Waals surface area contributed by atoms with Gasteiger partial charge in [0.25, 0.3) is 5.91 Å². The van der Waals surface area contributed by atoms with E-state index in [0.29, 0.717) is 21.5 Å². The normalized spacial score (nSPS) is 22.4. The van der Waals surface area contributed by atoms with Gasteiger partial charge < -0.3 is 9.32 Å². The maximum Gasteiger partial charge on any atom is 0.267 e. The summed E-state index contributed by atoms with van der Waals surface area (Å²) in [5.74, 6) is 0.235. The Morgan fingerprint density at radius 2 is 2.24 bits per heavy atom. The van der Waals surface area contributed by atoms with Gasteiger partial charge >= 0.3 is 0 Å². The minimum absolute atomic E-state index is 0.0236. The van der Waals surface area contributed by atoms with Gasteiger partial charge in [0, 0.05) is 25.0 Å². The van der Waals surface area contributed by atoms with Gasteiger partial charge in [0.05, 0.1) is 17.2 Å². The summed E-state index contributed by atoms with van der Waals surface area (Å²) in [5, 5.41) is 0. The molecule has 4 rings (SSSR count). The number of amides is 2. The van der Waals surface area contributed by atoms with Crippen molar-refractivity contribution in [3.63, 3.8) is 0 Å². The lowest BCUT2D eigenvalue weighted by Gasteiger charge is -2.38. The first-order valence-corrected chi connectivity index (χ1v) is 10.8. The van der Waals surface area contributed by atoms with Crippen LogP contribution in [-0.4, -0.2) is 43.5 Å². The molecule has 2 aliphatic heterocycles. The molecule has 0 aromatic carbocycles. The predicted octanol–water partition coefficient (Wildman–Crippen LogP) is 4.02. The Labute approximate surface area is 179 Å². The first-order chi connectivity index (χ1) is 14.1. The Hall–Kier alpha value is -2.45. The van der Waals surface area contributed by atoms with E-state index < -0.39 is 6.04 Å². The summed E-state index contributed by atoms with van der Waals surface area (Å²) in [4.78, 5) is 34.3. The van der Waals surface area contributed by atoms with Gasteiger partial charge in [0.1, 0.15) is 16.1 Å². The number of piperidine rings is 1. The number of pyridine rings is 1. The molecule has 0 spiro atoms. The molecule has 0 unspecified atom stereocenters. The van der Waals surface area contributed by atoms with Crippen LogP contribution < -0.4 is 0 Å². The van der Waals surface area contributed by atoms with Crippen molar-refractivity contribution in [2.75, 3.05) is 6.54 Å². The number of thiocarbonyl (C=S) groups is 1. The molecule has 2 aromatic heterocycles. The van der Waals surface area contributed by atoms with Crippen LogP contribution in [0.25, 0.3) is 6.08 Å². The van der Waals surface area contributed by atoms with Crippen molar-refractivity contribution < 1.29 is 14.0 Å². The Morgan fingerprint density at radius 3 is 2.97 bits per heavy atom. The fraction of sp³-hybridized carbons (Fsp3) is 0.333. The van der Waals surface area contributed by atoms with E-state index in [0.717, 1.165) is 24.8 Å². The molecule has 0 radical (unpaired) electrons. The lowest BCUT2D eigenvalue weighted by molar-refractivity contribution is -0.142. The van der Waals surface area contributed by atoms with Gasteiger partial charge in [-0.15, -0.1) is 0 Å². The molecule has 150 valence electrons. The average Bonchev–Trinajstić information content (AvgIpc) is 3.35. The second kappa shape index (κ2) is 8.51. The Bertz CT molecular complexity index is 943. The molecule has 4 heterocycles. The second-order valence-electron chi connectivity index (χ2n) is 7.07. The summed E-state index contributed by atoms with van der Waals surface area (Å²) in [6.07, 6.45) is 9.65. The maximum absolute atomic E-state index is 13.4. The van der Waals surface area contributed by atoms with E-state index in [1.165, 1.54) is 16.7 Å². The van der Waals surface area contributed by atoms with Gasteiger partial charge in [-0.1, -0.05) is 30.0 Å². The zero-order valence-corrected chi connectivity index (χ0v) is 17.6. The van der Waals surface area contributed by atoms with Crippen LogP contribution in [-0.2, 0) is 9.59 Å². The van der Waals surface area contributed by atoms with Crippen molar-refractivity contribution in [1.82, 2.24) is 14.8 Å². The predicted molar refractivity (Wildman–Crippen MR) is 116 cm³/mol. The first kappa shape index (κ1) is 19.8. The number of nitrogens with zero attached hydrogens (tertiary/aromatic N) is 3.